The molecule has 0 amide bonds. The lowest BCUT2D eigenvalue weighted by Crippen LogP contribution is -2.12. The molecule has 1 aliphatic carbocycles. The molecule has 4 aromatic rings. The molecule has 9 heteroatoms. The number of carboxylic acid groups (broad SMARTS) is 1. The first-order valence-electron chi connectivity index (χ1n) is 11.8. The maximum Gasteiger partial charge on any atom is 0.352 e. The maximum absolute atomic E-state index is 11.6. The molecule has 186 valence electrons. The summed E-state index contributed by atoms with van der Waals surface area (Å²) in [5, 5.41) is 24.2. The van der Waals surface area contributed by atoms with E-state index in [4.69, 9.17) is 21.0 Å². The van der Waals surface area contributed by atoms with Gasteiger partial charge in [0.05, 0.1) is 17.6 Å². The molecule has 0 aliphatic heterocycles. The smallest absolute Gasteiger partial charge is 0.352 e. The van der Waals surface area contributed by atoms with Crippen LogP contribution in [0.25, 0.3) is 11.0 Å². The topological polar surface area (TPSA) is 139 Å². The number of anilines is 1. The third-order valence-corrected chi connectivity index (χ3v) is 6.40. The minimum Gasteiger partial charge on any atom is -0.478 e. The molecule has 5 N–H and O–H groups in total. The lowest BCUT2D eigenvalue weighted by molar-refractivity contribution is -0.150. The van der Waals surface area contributed by atoms with Crippen LogP contribution < -0.4 is 11.1 Å². The zero-order valence-electron chi connectivity index (χ0n) is 20.2. The van der Waals surface area contributed by atoms with E-state index < -0.39 is 12.1 Å². The summed E-state index contributed by atoms with van der Waals surface area (Å²) in [5.41, 5.74) is 11.7. The van der Waals surface area contributed by atoms with Gasteiger partial charge in [0.1, 0.15) is 11.7 Å². The summed E-state index contributed by atoms with van der Waals surface area (Å²) in [7, 11) is 1.99. The van der Waals surface area contributed by atoms with E-state index in [0.29, 0.717) is 17.7 Å². The van der Waals surface area contributed by atoms with Crippen LogP contribution in [0.3, 0.4) is 0 Å². The summed E-state index contributed by atoms with van der Waals surface area (Å²) in [6.07, 6.45) is -0.380. The Morgan fingerprint density at radius 1 is 1.24 bits per heavy atom. The number of carbonyl (C=O) groups is 1. The summed E-state index contributed by atoms with van der Waals surface area (Å²) < 4.78 is 2.06. The van der Waals surface area contributed by atoms with Crippen molar-refractivity contribution in [2.45, 2.75) is 25.0 Å². The number of fused-ring (bicyclic) bond motifs is 1. The summed E-state index contributed by atoms with van der Waals surface area (Å²) in [5.74, 6) is 2.87. The molecule has 1 aliphatic rings. The predicted octanol–water partition coefficient (Wildman–Crippen LogP) is 4.31. The van der Waals surface area contributed by atoms with Crippen LogP contribution in [0.15, 0.2) is 83.5 Å². The van der Waals surface area contributed by atoms with Crippen molar-refractivity contribution in [2.75, 3.05) is 5.32 Å². The van der Waals surface area contributed by atoms with Crippen LogP contribution in [-0.4, -0.2) is 32.3 Å². The molecule has 0 saturated heterocycles. The number of aromatic nitrogens is 2. The maximum atomic E-state index is 11.6. The summed E-state index contributed by atoms with van der Waals surface area (Å²) >= 11 is 0. The molecule has 1 fully saturated rings. The van der Waals surface area contributed by atoms with Crippen LogP contribution in [0.5, 0.6) is 0 Å². The van der Waals surface area contributed by atoms with Gasteiger partial charge in [-0.05, 0) is 53.5 Å². The number of carboxylic acids is 1. The summed E-state index contributed by atoms with van der Waals surface area (Å²) in [6, 6.07) is 22.3. The van der Waals surface area contributed by atoms with Gasteiger partial charge in [0, 0.05) is 41.2 Å². The molecule has 1 saturated carbocycles. The van der Waals surface area contributed by atoms with Crippen molar-refractivity contribution in [3.63, 3.8) is 0 Å². The van der Waals surface area contributed by atoms with Crippen LogP contribution in [-0.2, 0) is 23.2 Å². The Balaban J connectivity index is 1.26. The molecule has 0 bridgehead atoms. The molecular weight excluding hydrogens is 468 g/mol. The van der Waals surface area contributed by atoms with Crippen molar-refractivity contribution < 1.29 is 14.7 Å². The monoisotopic (exact) mass is 494 g/mol. The number of imidazole rings is 1. The first-order chi connectivity index (χ1) is 17.9. The first kappa shape index (κ1) is 23.8. The molecular formula is C28H26N6O3. The highest BCUT2D eigenvalue weighted by Gasteiger charge is 2.32. The molecule has 5 rings (SSSR count). The number of hydrogen-bond donors (Lipinski definition) is 4. The van der Waals surface area contributed by atoms with Crippen molar-refractivity contribution in [2.24, 2.45) is 17.9 Å². The Morgan fingerprint density at radius 2 is 2.00 bits per heavy atom. The molecule has 3 aromatic carbocycles. The minimum atomic E-state index is -1.17. The van der Waals surface area contributed by atoms with Gasteiger partial charge < -0.3 is 25.6 Å². The van der Waals surface area contributed by atoms with E-state index in [1.54, 1.807) is 24.3 Å². The number of hydrogen-bond acceptors (Lipinski definition) is 6. The molecule has 0 spiro atoms. The van der Waals surface area contributed by atoms with E-state index >= 15 is 0 Å². The average Bonchev–Trinajstić information content (AvgIpc) is 3.61. The number of nitrogen functional groups attached to an aromatic ring is 1. The second kappa shape index (κ2) is 10.0. The molecule has 1 heterocycles. The zero-order valence-corrected chi connectivity index (χ0v) is 20.2. The average molecular weight is 495 g/mol. The van der Waals surface area contributed by atoms with E-state index in [-0.39, 0.29) is 11.8 Å². The van der Waals surface area contributed by atoms with Crippen molar-refractivity contribution >= 4 is 34.4 Å². The fourth-order valence-electron chi connectivity index (χ4n) is 4.21. The van der Waals surface area contributed by atoms with E-state index in [0.717, 1.165) is 40.1 Å². The van der Waals surface area contributed by atoms with Crippen LogP contribution in [0, 0.1) is 5.41 Å². The number of nitrogens with zero attached hydrogens (tertiary/aromatic N) is 3. The van der Waals surface area contributed by atoms with Gasteiger partial charge in [-0.25, -0.2) is 9.78 Å². The fraction of sp³-hybridized carbons (Fsp3) is 0.179. The number of allylic oxidation sites excluding steroid dienone is 1. The third kappa shape index (κ3) is 5.22. The third-order valence-electron chi connectivity index (χ3n) is 6.40. The summed E-state index contributed by atoms with van der Waals surface area (Å²) in [6.45, 7) is 0.546. The number of aliphatic carboxylic acids is 1. The van der Waals surface area contributed by atoms with Gasteiger partial charge >= 0.3 is 5.97 Å². The van der Waals surface area contributed by atoms with E-state index in [2.05, 4.69) is 39.1 Å². The Hall–Kier alpha value is -4.88. The van der Waals surface area contributed by atoms with Gasteiger partial charge in [-0.15, -0.1) is 0 Å². The standard InChI is InChI=1S/C28H26N6O3/c1-34-24-12-9-19(14-23(24)33-25(34)16-31-21-10-7-18(8-11-21)27(29)30)22-13-20(22)15-32-37-26(28(35)36)17-5-3-2-4-6-17/h2-12,14,22,26,31H,13,16H2,1H3,(H3,29,30)(H,35,36). The van der Waals surface area contributed by atoms with Crippen molar-refractivity contribution in [1.29, 1.82) is 5.41 Å². The van der Waals surface area contributed by atoms with Crippen molar-refractivity contribution in [1.82, 2.24) is 9.55 Å². The quantitative estimate of drug-likeness (QED) is 0.155. The SMILES string of the molecule is Cn1c(CNc2ccc(C(=N)N)cc2)nc2cc(C3CC3=C=NOC(C(=O)O)c3ccccc3)ccc21. The number of amidine groups is 1. The van der Waals surface area contributed by atoms with E-state index in [9.17, 15) is 9.90 Å². The number of benzene rings is 3. The lowest BCUT2D eigenvalue weighted by Gasteiger charge is -2.08. The van der Waals surface area contributed by atoms with Gasteiger partial charge in [0.15, 0.2) is 0 Å². The lowest BCUT2D eigenvalue weighted by atomic mass is 10.1. The molecule has 0 radical (unpaired) electrons. The van der Waals surface area contributed by atoms with Crippen LogP contribution in [0.2, 0.25) is 0 Å². The normalized spacial score (nSPS) is 15.1. The van der Waals surface area contributed by atoms with Gasteiger partial charge in [0.2, 0.25) is 6.10 Å². The van der Waals surface area contributed by atoms with Crippen LogP contribution in [0.1, 0.15) is 41.0 Å². The second-order valence-corrected chi connectivity index (χ2v) is 8.90. The fourth-order valence-corrected chi connectivity index (χ4v) is 4.21. The van der Waals surface area contributed by atoms with Gasteiger partial charge in [-0.3, -0.25) is 5.41 Å². The number of aryl methyl sites for hydroxylation is 1. The Bertz CT molecular complexity index is 1540. The van der Waals surface area contributed by atoms with Crippen LogP contribution >= 0.6 is 0 Å². The van der Waals surface area contributed by atoms with E-state index in [1.165, 1.54) is 0 Å². The highest BCUT2D eigenvalue weighted by atomic mass is 16.6. The van der Waals surface area contributed by atoms with Crippen LogP contribution in [0.4, 0.5) is 5.69 Å². The highest BCUT2D eigenvalue weighted by Crippen LogP contribution is 2.45. The number of rotatable bonds is 9. The Kier molecular flexibility index (Phi) is 6.45. The zero-order chi connectivity index (χ0) is 25.9. The van der Waals surface area contributed by atoms with E-state index in [1.807, 2.05) is 37.4 Å². The van der Waals surface area contributed by atoms with Gasteiger partial charge in [-0.2, -0.15) is 0 Å². The van der Waals surface area contributed by atoms with Gasteiger partial charge in [-0.1, -0.05) is 36.4 Å². The Labute approximate surface area is 213 Å². The van der Waals surface area contributed by atoms with Crippen molar-refractivity contribution in [3.8, 4) is 0 Å². The largest absolute Gasteiger partial charge is 0.478 e. The first-order valence-corrected chi connectivity index (χ1v) is 11.8. The Morgan fingerprint density at radius 3 is 2.70 bits per heavy atom. The summed E-state index contributed by atoms with van der Waals surface area (Å²) in [4.78, 5) is 21.6. The molecule has 2 atom stereocenters. The molecule has 9 nitrogen and oxygen atoms in total. The second-order valence-electron chi connectivity index (χ2n) is 8.90. The molecule has 37 heavy (non-hydrogen) atoms. The highest BCUT2D eigenvalue weighted by molar-refractivity contribution is 5.95. The number of nitrogens with one attached hydrogen (secondary N) is 2. The molecule has 1 aromatic heterocycles. The van der Waals surface area contributed by atoms with Crippen molar-refractivity contribution in [3.05, 3.63) is 101 Å². The minimum absolute atomic E-state index is 0.0433. The molecule has 2 unspecified atom stereocenters. The number of nitrogens with two attached hydrogens (primary N) is 1. The predicted molar refractivity (Wildman–Crippen MR) is 142 cm³/mol. The van der Waals surface area contributed by atoms with Gasteiger partial charge in [0.25, 0.3) is 0 Å².